The van der Waals surface area contributed by atoms with Crippen LogP contribution in [-0.4, -0.2) is 29.3 Å². The minimum absolute atomic E-state index is 0.206. The highest BCUT2D eigenvalue weighted by Gasteiger charge is 2.17. The molecule has 1 fully saturated rings. The zero-order valence-electron chi connectivity index (χ0n) is 17.9. The first kappa shape index (κ1) is 21.8. The van der Waals surface area contributed by atoms with E-state index in [0.717, 1.165) is 43.0 Å². The van der Waals surface area contributed by atoms with Crippen LogP contribution in [0.3, 0.4) is 0 Å². The maximum absolute atomic E-state index is 6.03. The molecule has 0 spiro atoms. The predicted octanol–water partition coefficient (Wildman–Crippen LogP) is 6.38. The summed E-state index contributed by atoms with van der Waals surface area (Å²) in [6, 6.07) is 8.01. The monoisotopic (exact) mass is 396 g/mol. The minimum Gasteiger partial charge on any atom is -0.490 e. The van der Waals surface area contributed by atoms with Gasteiger partial charge >= 0.3 is 0 Å². The van der Waals surface area contributed by atoms with Crippen LogP contribution in [-0.2, 0) is 11.2 Å². The minimum atomic E-state index is 0.206. The summed E-state index contributed by atoms with van der Waals surface area (Å²) in [7, 11) is 0. The number of nitrogens with zero attached hydrogens (tertiary/aromatic N) is 2. The summed E-state index contributed by atoms with van der Waals surface area (Å²) in [6.07, 6.45) is 18.1. The van der Waals surface area contributed by atoms with Gasteiger partial charge in [-0.2, -0.15) is 0 Å². The fraction of sp³-hybridized carbons (Fsp3) is 0.600. The Labute approximate surface area is 176 Å². The topological polar surface area (TPSA) is 44.2 Å². The van der Waals surface area contributed by atoms with Crippen LogP contribution in [0.2, 0.25) is 0 Å². The SMILES string of the molecule is CCCCCCCCCCc1cnc(-c2ccccc2OCC2CCCO2)nc1. The summed E-state index contributed by atoms with van der Waals surface area (Å²) in [5.74, 6) is 1.56. The summed E-state index contributed by atoms with van der Waals surface area (Å²) in [5.41, 5.74) is 2.17. The van der Waals surface area contributed by atoms with E-state index < -0.39 is 0 Å². The van der Waals surface area contributed by atoms with Crippen LogP contribution >= 0.6 is 0 Å². The summed E-state index contributed by atoms with van der Waals surface area (Å²) < 4.78 is 11.7. The standard InChI is InChI=1S/C25H36N2O2/c1-2-3-4-5-6-7-8-9-13-21-18-26-25(27-19-21)23-15-10-11-16-24(23)29-20-22-14-12-17-28-22/h10-11,15-16,18-19,22H,2-9,12-14,17,20H2,1H3. The molecule has 0 bridgehead atoms. The van der Waals surface area contributed by atoms with Gasteiger partial charge in [0.05, 0.1) is 11.7 Å². The molecule has 158 valence electrons. The van der Waals surface area contributed by atoms with Gasteiger partial charge in [0, 0.05) is 19.0 Å². The van der Waals surface area contributed by atoms with E-state index in [-0.39, 0.29) is 6.10 Å². The lowest BCUT2D eigenvalue weighted by Crippen LogP contribution is -2.16. The lowest BCUT2D eigenvalue weighted by atomic mass is 10.1. The molecule has 1 atom stereocenters. The largest absolute Gasteiger partial charge is 0.490 e. The lowest BCUT2D eigenvalue weighted by Gasteiger charge is -2.14. The summed E-state index contributed by atoms with van der Waals surface area (Å²) in [6.45, 7) is 3.71. The third-order valence-corrected chi connectivity index (χ3v) is 5.60. The molecule has 1 aliphatic rings. The van der Waals surface area contributed by atoms with Gasteiger partial charge < -0.3 is 9.47 Å². The van der Waals surface area contributed by atoms with E-state index in [1.54, 1.807) is 0 Å². The predicted molar refractivity (Wildman–Crippen MR) is 118 cm³/mol. The van der Waals surface area contributed by atoms with Crippen molar-refractivity contribution >= 4 is 0 Å². The fourth-order valence-corrected chi connectivity index (χ4v) is 3.82. The first-order chi connectivity index (χ1) is 14.4. The average Bonchev–Trinajstić information content (AvgIpc) is 3.29. The highest BCUT2D eigenvalue weighted by Crippen LogP contribution is 2.28. The molecule has 1 unspecified atom stereocenters. The zero-order chi connectivity index (χ0) is 20.2. The first-order valence-corrected chi connectivity index (χ1v) is 11.5. The van der Waals surface area contributed by atoms with Crippen molar-refractivity contribution in [3.8, 4) is 17.1 Å². The Balaban J connectivity index is 1.45. The Hall–Kier alpha value is -1.94. The highest BCUT2D eigenvalue weighted by molar-refractivity contribution is 5.63. The Kier molecular flexibility index (Phi) is 9.44. The molecule has 29 heavy (non-hydrogen) atoms. The molecule has 0 radical (unpaired) electrons. The molecular weight excluding hydrogens is 360 g/mol. The number of hydrogen-bond acceptors (Lipinski definition) is 4. The van der Waals surface area contributed by atoms with Crippen LogP contribution in [0.25, 0.3) is 11.4 Å². The highest BCUT2D eigenvalue weighted by atomic mass is 16.5. The molecule has 1 aliphatic heterocycles. The van der Waals surface area contributed by atoms with Crippen molar-refractivity contribution in [1.29, 1.82) is 0 Å². The average molecular weight is 397 g/mol. The molecular formula is C25H36N2O2. The number of benzene rings is 1. The summed E-state index contributed by atoms with van der Waals surface area (Å²) in [4.78, 5) is 9.23. The van der Waals surface area contributed by atoms with E-state index in [1.807, 2.05) is 36.7 Å². The van der Waals surface area contributed by atoms with Crippen LogP contribution in [0.4, 0.5) is 0 Å². The maximum atomic E-state index is 6.03. The van der Waals surface area contributed by atoms with E-state index in [0.29, 0.717) is 6.61 Å². The number of aromatic nitrogens is 2. The van der Waals surface area contributed by atoms with Crippen molar-refractivity contribution in [3.05, 3.63) is 42.2 Å². The Morgan fingerprint density at radius 3 is 2.41 bits per heavy atom. The molecule has 3 rings (SSSR count). The van der Waals surface area contributed by atoms with Gasteiger partial charge in [0.15, 0.2) is 5.82 Å². The third kappa shape index (κ3) is 7.43. The summed E-state index contributed by atoms with van der Waals surface area (Å²) in [5, 5.41) is 0. The van der Waals surface area contributed by atoms with E-state index in [1.165, 1.54) is 56.9 Å². The Bertz CT molecular complexity index is 696. The number of hydrogen-bond donors (Lipinski definition) is 0. The van der Waals surface area contributed by atoms with E-state index in [2.05, 4.69) is 16.9 Å². The number of unbranched alkanes of at least 4 members (excludes halogenated alkanes) is 7. The molecule has 4 nitrogen and oxygen atoms in total. The molecule has 4 heteroatoms. The second-order valence-electron chi connectivity index (χ2n) is 8.08. The Morgan fingerprint density at radius 2 is 1.69 bits per heavy atom. The molecule has 0 saturated carbocycles. The molecule has 1 aromatic heterocycles. The lowest BCUT2D eigenvalue weighted by molar-refractivity contribution is 0.0681. The smallest absolute Gasteiger partial charge is 0.162 e. The number of rotatable bonds is 13. The van der Waals surface area contributed by atoms with E-state index in [4.69, 9.17) is 9.47 Å². The van der Waals surface area contributed by atoms with Crippen LogP contribution in [0.15, 0.2) is 36.7 Å². The molecule has 2 heterocycles. The first-order valence-electron chi connectivity index (χ1n) is 11.5. The van der Waals surface area contributed by atoms with Crippen LogP contribution in [0.5, 0.6) is 5.75 Å². The van der Waals surface area contributed by atoms with Crippen LogP contribution < -0.4 is 4.74 Å². The van der Waals surface area contributed by atoms with Crippen molar-refractivity contribution in [2.45, 2.75) is 83.7 Å². The molecule has 2 aromatic rings. The normalized spacial score (nSPS) is 16.2. The van der Waals surface area contributed by atoms with Gasteiger partial charge in [-0.3, -0.25) is 0 Å². The van der Waals surface area contributed by atoms with Crippen molar-refractivity contribution in [2.75, 3.05) is 13.2 Å². The molecule has 0 N–H and O–H groups in total. The number of ether oxygens (including phenoxy) is 2. The molecule has 0 aliphatic carbocycles. The van der Waals surface area contributed by atoms with Crippen molar-refractivity contribution in [3.63, 3.8) is 0 Å². The van der Waals surface area contributed by atoms with Gasteiger partial charge in [-0.1, -0.05) is 64.0 Å². The zero-order valence-corrected chi connectivity index (χ0v) is 17.9. The van der Waals surface area contributed by atoms with Crippen LogP contribution in [0, 0.1) is 0 Å². The Morgan fingerprint density at radius 1 is 0.966 bits per heavy atom. The van der Waals surface area contributed by atoms with Gasteiger partial charge in [-0.05, 0) is 43.4 Å². The van der Waals surface area contributed by atoms with Gasteiger partial charge in [0.2, 0.25) is 0 Å². The number of aryl methyl sites for hydroxylation is 1. The van der Waals surface area contributed by atoms with Gasteiger partial charge in [0.25, 0.3) is 0 Å². The summed E-state index contributed by atoms with van der Waals surface area (Å²) >= 11 is 0. The van der Waals surface area contributed by atoms with Crippen molar-refractivity contribution < 1.29 is 9.47 Å². The molecule has 1 saturated heterocycles. The van der Waals surface area contributed by atoms with Crippen molar-refractivity contribution in [2.24, 2.45) is 0 Å². The molecule has 1 aromatic carbocycles. The fourth-order valence-electron chi connectivity index (χ4n) is 3.82. The maximum Gasteiger partial charge on any atom is 0.162 e. The quantitative estimate of drug-likeness (QED) is 0.368. The third-order valence-electron chi connectivity index (χ3n) is 5.60. The van der Waals surface area contributed by atoms with Crippen LogP contribution in [0.1, 0.15) is 76.7 Å². The second-order valence-corrected chi connectivity index (χ2v) is 8.08. The van der Waals surface area contributed by atoms with E-state index >= 15 is 0 Å². The van der Waals surface area contributed by atoms with Crippen molar-refractivity contribution in [1.82, 2.24) is 9.97 Å². The second kappa shape index (κ2) is 12.6. The molecule has 0 amide bonds. The van der Waals surface area contributed by atoms with Gasteiger partial charge in [-0.25, -0.2) is 9.97 Å². The number of para-hydroxylation sites is 1. The van der Waals surface area contributed by atoms with Gasteiger partial charge in [-0.15, -0.1) is 0 Å². The van der Waals surface area contributed by atoms with E-state index in [9.17, 15) is 0 Å². The van der Waals surface area contributed by atoms with Gasteiger partial charge in [0.1, 0.15) is 12.4 Å².